The lowest BCUT2D eigenvalue weighted by Crippen LogP contribution is -2.12. The van der Waals surface area contributed by atoms with Crippen molar-refractivity contribution in [2.75, 3.05) is 5.32 Å². The highest BCUT2D eigenvalue weighted by atomic mass is 35.5. The second-order valence-electron chi connectivity index (χ2n) is 6.31. The van der Waals surface area contributed by atoms with Gasteiger partial charge in [-0.2, -0.15) is 5.10 Å². The zero-order valence-corrected chi connectivity index (χ0v) is 15.8. The number of nitrogens with one attached hydrogen (secondary N) is 1. The molecule has 0 fully saturated rings. The molecule has 2 aromatic heterocycles. The standard InChI is InChI=1S/C21H15ClFN5O/c22-17-6-4-15(5-7-17)20-24-9-16(10-25-20)21(29)27-19-11-26-28(13-19)12-14-2-1-3-18(23)8-14/h1-11,13H,12H2,(H,27,29). The Balaban J connectivity index is 1.41. The van der Waals surface area contributed by atoms with Crippen LogP contribution in [0.3, 0.4) is 0 Å². The summed E-state index contributed by atoms with van der Waals surface area (Å²) in [6, 6.07) is 13.4. The lowest BCUT2D eigenvalue weighted by Gasteiger charge is -2.04. The molecule has 0 radical (unpaired) electrons. The van der Waals surface area contributed by atoms with Gasteiger partial charge in [-0.05, 0) is 42.0 Å². The summed E-state index contributed by atoms with van der Waals surface area (Å²) in [5.74, 6) is -0.149. The highest BCUT2D eigenvalue weighted by Gasteiger charge is 2.10. The van der Waals surface area contributed by atoms with Crippen molar-refractivity contribution in [1.82, 2.24) is 19.7 Å². The van der Waals surface area contributed by atoms with Gasteiger partial charge in [0.2, 0.25) is 0 Å². The SMILES string of the molecule is O=C(Nc1cnn(Cc2cccc(F)c2)c1)c1cnc(-c2ccc(Cl)cc2)nc1. The van der Waals surface area contributed by atoms with Crippen LogP contribution < -0.4 is 5.32 Å². The maximum absolute atomic E-state index is 13.3. The minimum atomic E-state index is -0.349. The van der Waals surface area contributed by atoms with Crippen LogP contribution in [-0.4, -0.2) is 25.7 Å². The van der Waals surface area contributed by atoms with Gasteiger partial charge in [0.05, 0.1) is 24.0 Å². The Bertz CT molecular complexity index is 1140. The minimum absolute atomic E-state index is 0.301. The molecule has 0 saturated heterocycles. The van der Waals surface area contributed by atoms with Gasteiger partial charge in [-0.1, -0.05) is 23.7 Å². The van der Waals surface area contributed by atoms with E-state index in [2.05, 4.69) is 20.4 Å². The first-order valence-corrected chi connectivity index (χ1v) is 9.11. The Morgan fingerprint density at radius 1 is 1.07 bits per heavy atom. The summed E-state index contributed by atoms with van der Waals surface area (Å²) in [7, 11) is 0. The first kappa shape index (κ1) is 18.8. The zero-order valence-electron chi connectivity index (χ0n) is 15.1. The third-order valence-electron chi connectivity index (χ3n) is 4.14. The van der Waals surface area contributed by atoms with Crippen LogP contribution in [0, 0.1) is 5.82 Å². The molecule has 0 aliphatic carbocycles. The van der Waals surface area contributed by atoms with Crippen LogP contribution in [0.4, 0.5) is 10.1 Å². The number of carbonyl (C=O) groups excluding carboxylic acids is 1. The van der Waals surface area contributed by atoms with Gasteiger partial charge in [0.1, 0.15) is 5.82 Å². The molecule has 1 amide bonds. The molecule has 2 heterocycles. The van der Waals surface area contributed by atoms with Gasteiger partial charge < -0.3 is 5.32 Å². The van der Waals surface area contributed by atoms with Gasteiger partial charge in [-0.15, -0.1) is 0 Å². The van der Waals surface area contributed by atoms with E-state index in [1.807, 2.05) is 18.2 Å². The highest BCUT2D eigenvalue weighted by molar-refractivity contribution is 6.30. The Kier molecular flexibility index (Phi) is 5.31. The fourth-order valence-corrected chi connectivity index (χ4v) is 2.86. The molecule has 4 rings (SSSR count). The normalized spacial score (nSPS) is 10.7. The van der Waals surface area contributed by atoms with E-state index in [1.165, 1.54) is 30.7 Å². The van der Waals surface area contributed by atoms with Gasteiger partial charge in [0.25, 0.3) is 5.91 Å². The number of hydrogen-bond donors (Lipinski definition) is 1. The highest BCUT2D eigenvalue weighted by Crippen LogP contribution is 2.18. The van der Waals surface area contributed by atoms with E-state index >= 15 is 0 Å². The van der Waals surface area contributed by atoms with E-state index in [0.29, 0.717) is 28.6 Å². The first-order chi connectivity index (χ1) is 14.1. The van der Waals surface area contributed by atoms with Crippen LogP contribution in [0.1, 0.15) is 15.9 Å². The van der Waals surface area contributed by atoms with E-state index in [9.17, 15) is 9.18 Å². The third-order valence-corrected chi connectivity index (χ3v) is 4.39. The number of carbonyl (C=O) groups is 1. The van der Waals surface area contributed by atoms with Crippen molar-refractivity contribution in [3.63, 3.8) is 0 Å². The number of nitrogens with zero attached hydrogens (tertiary/aromatic N) is 4. The van der Waals surface area contributed by atoms with Crippen molar-refractivity contribution in [1.29, 1.82) is 0 Å². The Morgan fingerprint density at radius 3 is 2.55 bits per heavy atom. The summed E-state index contributed by atoms with van der Waals surface area (Å²) in [5.41, 5.74) is 2.42. The Labute approximate surface area is 171 Å². The van der Waals surface area contributed by atoms with Gasteiger partial charge >= 0.3 is 0 Å². The van der Waals surface area contributed by atoms with Crippen LogP contribution in [0.2, 0.25) is 5.02 Å². The molecular weight excluding hydrogens is 393 g/mol. The molecule has 0 unspecified atom stereocenters. The smallest absolute Gasteiger partial charge is 0.258 e. The van der Waals surface area contributed by atoms with Crippen molar-refractivity contribution in [2.45, 2.75) is 6.54 Å². The van der Waals surface area contributed by atoms with Crippen LogP contribution in [-0.2, 0) is 6.54 Å². The molecule has 0 spiro atoms. The predicted octanol–water partition coefficient (Wildman–Crippen LogP) is 4.43. The van der Waals surface area contributed by atoms with Gasteiger partial charge in [-0.3, -0.25) is 9.48 Å². The van der Waals surface area contributed by atoms with Gasteiger partial charge in [-0.25, -0.2) is 14.4 Å². The summed E-state index contributed by atoms with van der Waals surface area (Å²) in [5, 5.41) is 7.56. The number of hydrogen-bond acceptors (Lipinski definition) is 4. The van der Waals surface area contributed by atoms with E-state index in [-0.39, 0.29) is 11.7 Å². The molecule has 0 aliphatic rings. The molecule has 0 aliphatic heterocycles. The van der Waals surface area contributed by atoms with E-state index in [1.54, 1.807) is 29.1 Å². The number of benzene rings is 2. The van der Waals surface area contributed by atoms with Crippen molar-refractivity contribution in [3.05, 3.63) is 95.3 Å². The lowest BCUT2D eigenvalue weighted by atomic mass is 10.2. The van der Waals surface area contributed by atoms with Crippen LogP contribution in [0.5, 0.6) is 0 Å². The largest absolute Gasteiger partial charge is 0.319 e. The van der Waals surface area contributed by atoms with Crippen LogP contribution >= 0.6 is 11.6 Å². The monoisotopic (exact) mass is 407 g/mol. The fraction of sp³-hybridized carbons (Fsp3) is 0.0476. The summed E-state index contributed by atoms with van der Waals surface area (Å²) >= 11 is 5.88. The fourth-order valence-electron chi connectivity index (χ4n) is 2.73. The summed E-state index contributed by atoms with van der Waals surface area (Å²) < 4.78 is 14.9. The lowest BCUT2D eigenvalue weighted by molar-refractivity contribution is 0.102. The second kappa shape index (κ2) is 8.20. The molecule has 0 atom stereocenters. The number of anilines is 1. The number of rotatable bonds is 5. The topological polar surface area (TPSA) is 72.7 Å². The molecule has 29 heavy (non-hydrogen) atoms. The molecular formula is C21H15ClFN5O. The van der Waals surface area contributed by atoms with Crippen molar-refractivity contribution in [2.24, 2.45) is 0 Å². The minimum Gasteiger partial charge on any atom is -0.319 e. The Morgan fingerprint density at radius 2 is 1.83 bits per heavy atom. The van der Waals surface area contributed by atoms with Crippen molar-refractivity contribution in [3.8, 4) is 11.4 Å². The molecule has 4 aromatic rings. The van der Waals surface area contributed by atoms with Gasteiger partial charge in [0.15, 0.2) is 5.82 Å². The van der Waals surface area contributed by atoms with Gasteiger partial charge in [0, 0.05) is 29.2 Å². The summed E-state index contributed by atoms with van der Waals surface area (Å²) in [6.07, 6.45) is 6.12. The maximum atomic E-state index is 13.3. The predicted molar refractivity (Wildman–Crippen MR) is 108 cm³/mol. The Hall–Kier alpha value is -3.58. The van der Waals surface area contributed by atoms with Crippen LogP contribution in [0.15, 0.2) is 73.3 Å². The van der Waals surface area contributed by atoms with E-state index in [0.717, 1.165) is 11.1 Å². The average molecular weight is 408 g/mol. The summed E-state index contributed by atoms with van der Waals surface area (Å²) in [4.78, 5) is 20.9. The van der Waals surface area contributed by atoms with Crippen molar-refractivity contribution < 1.29 is 9.18 Å². The molecule has 144 valence electrons. The molecule has 2 aromatic carbocycles. The first-order valence-electron chi connectivity index (χ1n) is 8.73. The molecule has 8 heteroatoms. The molecule has 6 nitrogen and oxygen atoms in total. The number of halogens is 2. The van der Waals surface area contributed by atoms with E-state index in [4.69, 9.17) is 11.6 Å². The molecule has 0 saturated carbocycles. The van der Waals surface area contributed by atoms with Crippen molar-refractivity contribution >= 4 is 23.2 Å². The quantitative estimate of drug-likeness (QED) is 0.531. The average Bonchev–Trinajstić information content (AvgIpc) is 3.15. The van der Waals surface area contributed by atoms with E-state index < -0.39 is 0 Å². The number of aromatic nitrogens is 4. The third kappa shape index (κ3) is 4.64. The molecule has 1 N–H and O–H groups in total. The summed E-state index contributed by atoms with van der Waals surface area (Å²) in [6.45, 7) is 0.395. The maximum Gasteiger partial charge on any atom is 0.258 e. The van der Waals surface area contributed by atoms with Crippen LogP contribution in [0.25, 0.3) is 11.4 Å². The number of amides is 1. The zero-order chi connectivity index (χ0) is 20.2. The molecule has 0 bridgehead atoms. The second-order valence-corrected chi connectivity index (χ2v) is 6.75.